The van der Waals surface area contributed by atoms with Gasteiger partial charge in [-0.15, -0.1) is 0 Å². The molecule has 1 aliphatic heterocycles. The number of halogens is 5. The molecule has 1 aliphatic rings. The summed E-state index contributed by atoms with van der Waals surface area (Å²) in [5.74, 6) is -5.46. The molecule has 31 heavy (non-hydrogen) atoms. The van der Waals surface area contributed by atoms with Crippen molar-refractivity contribution in [2.75, 3.05) is 25.0 Å². The van der Waals surface area contributed by atoms with E-state index in [-0.39, 0.29) is 24.6 Å². The lowest BCUT2D eigenvalue weighted by Crippen LogP contribution is -2.38. The number of carbonyl (C=O) groups is 1. The highest BCUT2D eigenvalue weighted by Gasteiger charge is 2.39. The van der Waals surface area contributed by atoms with Crippen LogP contribution in [0.3, 0.4) is 0 Å². The van der Waals surface area contributed by atoms with Gasteiger partial charge in [-0.1, -0.05) is 0 Å². The van der Waals surface area contributed by atoms with Crippen molar-refractivity contribution in [2.45, 2.75) is 37.8 Å². The number of hydrogen-bond donors (Lipinski definition) is 2. The molecule has 0 bridgehead atoms. The van der Waals surface area contributed by atoms with Gasteiger partial charge in [-0.2, -0.15) is 22.0 Å². The molecule has 0 spiro atoms. The highest BCUT2D eigenvalue weighted by Crippen LogP contribution is 2.37. The summed E-state index contributed by atoms with van der Waals surface area (Å²) in [6.45, 7) is 0.894. The van der Waals surface area contributed by atoms with E-state index in [1.165, 1.54) is 4.90 Å². The van der Waals surface area contributed by atoms with E-state index in [1.807, 2.05) is 0 Å². The van der Waals surface area contributed by atoms with E-state index in [4.69, 9.17) is 5.11 Å². The van der Waals surface area contributed by atoms with Crippen LogP contribution in [0, 0.1) is 6.92 Å². The number of carboxylic acid groups (broad SMARTS) is 1. The summed E-state index contributed by atoms with van der Waals surface area (Å²) in [6, 6.07) is 1.06. The lowest BCUT2D eigenvalue weighted by atomic mass is 9.89. The molecule has 168 valence electrons. The number of likely N-dealkylation sites (tertiary alicyclic amines) is 1. The van der Waals surface area contributed by atoms with Crippen molar-refractivity contribution in [3.63, 3.8) is 0 Å². The lowest BCUT2D eigenvalue weighted by Gasteiger charge is -2.31. The molecule has 0 aromatic carbocycles. The van der Waals surface area contributed by atoms with Crippen LogP contribution >= 0.6 is 0 Å². The summed E-state index contributed by atoms with van der Waals surface area (Å²) in [6.07, 6.45) is -3.41. The Morgan fingerprint density at radius 1 is 1.19 bits per heavy atom. The summed E-state index contributed by atoms with van der Waals surface area (Å²) >= 11 is 0. The Kier molecular flexibility index (Phi) is 6.23. The Hall–Kier alpha value is -3.12. The van der Waals surface area contributed by atoms with Crippen LogP contribution in [0.4, 0.5) is 32.6 Å². The largest absolute Gasteiger partial charge is 0.465 e. The maximum absolute atomic E-state index is 15.0. The van der Waals surface area contributed by atoms with Crippen molar-refractivity contribution >= 4 is 11.9 Å². The minimum Gasteiger partial charge on any atom is -0.465 e. The summed E-state index contributed by atoms with van der Waals surface area (Å²) in [7, 11) is 0. The van der Waals surface area contributed by atoms with Gasteiger partial charge in [-0.25, -0.2) is 24.7 Å². The number of nitrogens with one attached hydrogen (secondary N) is 1. The third-order valence-corrected chi connectivity index (χ3v) is 4.89. The number of anilines is 1. The molecule has 0 atom stereocenters. The average Bonchev–Trinajstić information content (AvgIpc) is 2.72. The molecule has 2 aromatic heterocycles. The number of alkyl halides is 5. The molecule has 3 heterocycles. The van der Waals surface area contributed by atoms with Crippen LogP contribution in [0.2, 0.25) is 0 Å². The van der Waals surface area contributed by atoms with Crippen molar-refractivity contribution in [1.29, 1.82) is 0 Å². The number of piperidine rings is 1. The molecule has 13 heteroatoms. The second-order valence-electron chi connectivity index (χ2n) is 7.08. The van der Waals surface area contributed by atoms with Gasteiger partial charge in [-0.3, -0.25) is 0 Å². The normalized spacial score (nSPS) is 15.7. The molecule has 0 saturated carbocycles. The molecule has 2 aromatic rings. The van der Waals surface area contributed by atoms with Gasteiger partial charge < -0.3 is 15.3 Å². The van der Waals surface area contributed by atoms with Gasteiger partial charge in [0, 0.05) is 31.4 Å². The van der Waals surface area contributed by atoms with E-state index in [9.17, 15) is 18.0 Å². The van der Waals surface area contributed by atoms with Crippen molar-refractivity contribution in [2.24, 2.45) is 0 Å². The summed E-state index contributed by atoms with van der Waals surface area (Å²) < 4.78 is 68.2. The first kappa shape index (κ1) is 22.6. The van der Waals surface area contributed by atoms with E-state index in [2.05, 4.69) is 25.3 Å². The first-order chi connectivity index (χ1) is 14.5. The van der Waals surface area contributed by atoms with Crippen LogP contribution in [-0.2, 0) is 12.1 Å². The number of rotatable bonds is 5. The Labute approximate surface area is 173 Å². The highest BCUT2D eigenvalue weighted by molar-refractivity contribution is 5.65. The molecule has 0 unspecified atom stereocenters. The van der Waals surface area contributed by atoms with Crippen molar-refractivity contribution in [3.8, 4) is 0 Å². The third kappa shape index (κ3) is 5.33. The SMILES string of the molecule is Cc1ncc(C(F)(F)CNc2ccnc(C(F)(F)F)n2)c(C2CCN(C(=O)O)CC2)n1. The topological polar surface area (TPSA) is 104 Å². The Morgan fingerprint density at radius 2 is 1.87 bits per heavy atom. The predicted molar refractivity (Wildman–Crippen MR) is 97.8 cm³/mol. The predicted octanol–water partition coefficient (Wildman–Crippen LogP) is 3.66. The third-order valence-electron chi connectivity index (χ3n) is 4.89. The van der Waals surface area contributed by atoms with Crippen LogP contribution in [0.5, 0.6) is 0 Å². The molecule has 0 aliphatic carbocycles. The van der Waals surface area contributed by atoms with Crippen molar-refractivity contribution in [1.82, 2.24) is 24.8 Å². The van der Waals surface area contributed by atoms with Crippen molar-refractivity contribution < 1.29 is 31.9 Å². The van der Waals surface area contributed by atoms with Gasteiger partial charge in [0.2, 0.25) is 5.82 Å². The minimum absolute atomic E-state index is 0.114. The van der Waals surface area contributed by atoms with Gasteiger partial charge in [-0.05, 0) is 25.8 Å². The van der Waals surface area contributed by atoms with Crippen LogP contribution in [0.25, 0.3) is 0 Å². The van der Waals surface area contributed by atoms with E-state index >= 15 is 8.78 Å². The molecule has 1 amide bonds. The van der Waals surface area contributed by atoms with Crippen LogP contribution in [0.1, 0.15) is 41.7 Å². The van der Waals surface area contributed by atoms with Crippen LogP contribution in [-0.4, -0.2) is 55.7 Å². The standard InChI is InChI=1S/C18H19F5N6O2/c1-10-25-8-12(14(27-10)11-3-6-29(7-4-11)16(30)31)17(19,20)9-26-13-2-5-24-15(28-13)18(21,22)23/h2,5,8,11H,3-4,6-7,9H2,1H3,(H,30,31)(H,24,26,28). The second-order valence-corrected chi connectivity index (χ2v) is 7.08. The molecular formula is C18H19F5N6O2. The zero-order valence-corrected chi connectivity index (χ0v) is 16.3. The zero-order valence-electron chi connectivity index (χ0n) is 16.3. The molecule has 2 N–H and O–H groups in total. The molecule has 1 saturated heterocycles. The maximum Gasteiger partial charge on any atom is 0.451 e. The van der Waals surface area contributed by atoms with Gasteiger partial charge >= 0.3 is 12.3 Å². The van der Waals surface area contributed by atoms with E-state index in [0.717, 1.165) is 18.5 Å². The van der Waals surface area contributed by atoms with Crippen LogP contribution < -0.4 is 5.32 Å². The summed E-state index contributed by atoms with van der Waals surface area (Å²) in [5.41, 5.74) is -0.340. The number of nitrogens with zero attached hydrogens (tertiary/aromatic N) is 5. The first-order valence-corrected chi connectivity index (χ1v) is 9.31. The molecule has 0 radical (unpaired) electrons. The number of hydrogen-bond acceptors (Lipinski definition) is 6. The van der Waals surface area contributed by atoms with Gasteiger partial charge in [0.05, 0.1) is 17.8 Å². The Bertz CT molecular complexity index is 947. The Morgan fingerprint density at radius 3 is 2.48 bits per heavy atom. The maximum atomic E-state index is 15.0. The number of aryl methyl sites for hydroxylation is 1. The molecule has 3 rings (SSSR count). The lowest BCUT2D eigenvalue weighted by molar-refractivity contribution is -0.144. The Balaban J connectivity index is 1.79. The van der Waals surface area contributed by atoms with E-state index in [1.54, 1.807) is 6.92 Å². The fraction of sp³-hybridized carbons (Fsp3) is 0.500. The average molecular weight is 446 g/mol. The molecular weight excluding hydrogens is 427 g/mol. The van der Waals surface area contributed by atoms with Gasteiger partial charge in [0.15, 0.2) is 0 Å². The highest BCUT2D eigenvalue weighted by atomic mass is 19.4. The second kappa shape index (κ2) is 8.55. The number of amides is 1. The van der Waals surface area contributed by atoms with E-state index in [0.29, 0.717) is 12.8 Å². The van der Waals surface area contributed by atoms with Gasteiger partial charge in [0.1, 0.15) is 11.6 Å². The monoisotopic (exact) mass is 446 g/mol. The summed E-state index contributed by atoms with van der Waals surface area (Å²) in [4.78, 5) is 26.6. The minimum atomic E-state index is -4.80. The quantitative estimate of drug-likeness (QED) is 0.676. The molecule has 1 fully saturated rings. The van der Waals surface area contributed by atoms with Crippen molar-refractivity contribution in [3.05, 3.63) is 41.4 Å². The fourth-order valence-corrected chi connectivity index (χ4v) is 3.32. The summed E-state index contributed by atoms with van der Waals surface area (Å²) in [5, 5.41) is 11.3. The first-order valence-electron chi connectivity index (χ1n) is 9.31. The van der Waals surface area contributed by atoms with Gasteiger partial charge in [0.25, 0.3) is 5.92 Å². The van der Waals surface area contributed by atoms with E-state index < -0.39 is 47.9 Å². The molecule has 8 nitrogen and oxygen atoms in total. The zero-order chi connectivity index (χ0) is 22.8. The number of aromatic nitrogens is 4. The smallest absolute Gasteiger partial charge is 0.451 e. The fourth-order valence-electron chi connectivity index (χ4n) is 3.32. The van der Waals surface area contributed by atoms with Crippen LogP contribution in [0.15, 0.2) is 18.5 Å².